The fraction of sp³-hybridized carbons (Fsp3) is 0.429. The maximum absolute atomic E-state index is 4.80. The summed E-state index contributed by atoms with van der Waals surface area (Å²) < 4.78 is 0. The van der Waals surface area contributed by atoms with E-state index < -0.39 is 0 Å². The standard InChI is InChI=1S/C21H26N6/c1-14(2)20-9-18(25-13-26-20)7-16(4)19-5-6-24-21(27-19)8-15(3)17-10-22-12-23-11-17/h5-6,9-16H,7-8H2,1-4H3. The zero-order chi connectivity index (χ0) is 19.2. The third kappa shape index (κ3) is 5.12. The Morgan fingerprint density at radius 2 is 1.59 bits per heavy atom. The third-order valence-electron chi connectivity index (χ3n) is 4.72. The maximum Gasteiger partial charge on any atom is 0.129 e. The molecule has 2 unspecified atom stereocenters. The quantitative estimate of drug-likeness (QED) is 0.635. The molecule has 6 heteroatoms. The molecular weight excluding hydrogens is 336 g/mol. The Morgan fingerprint density at radius 3 is 2.33 bits per heavy atom. The molecule has 0 aliphatic carbocycles. The normalized spacial score (nSPS) is 13.5. The minimum Gasteiger partial charge on any atom is -0.245 e. The van der Waals surface area contributed by atoms with Crippen LogP contribution >= 0.6 is 0 Å². The third-order valence-corrected chi connectivity index (χ3v) is 4.72. The minimum atomic E-state index is 0.261. The van der Waals surface area contributed by atoms with Crippen molar-refractivity contribution in [1.82, 2.24) is 29.9 Å². The number of aromatic nitrogens is 6. The monoisotopic (exact) mass is 362 g/mol. The van der Waals surface area contributed by atoms with Gasteiger partial charge in [0.15, 0.2) is 0 Å². The average molecular weight is 362 g/mol. The SMILES string of the molecule is CC(C)c1cc(CC(C)c2ccnc(CC(C)c3cncnc3)n2)ncn1. The van der Waals surface area contributed by atoms with E-state index in [-0.39, 0.29) is 11.8 Å². The van der Waals surface area contributed by atoms with Gasteiger partial charge in [-0.1, -0.05) is 27.7 Å². The van der Waals surface area contributed by atoms with E-state index in [1.54, 1.807) is 12.7 Å². The van der Waals surface area contributed by atoms with Gasteiger partial charge < -0.3 is 0 Å². The van der Waals surface area contributed by atoms with Crippen LogP contribution in [0.3, 0.4) is 0 Å². The van der Waals surface area contributed by atoms with Gasteiger partial charge in [0.1, 0.15) is 18.5 Å². The van der Waals surface area contributed by atoms with Gasteiger partial charge in [0.2, 0.25) is 0 Å². The maximum atomic E-state index is 4.80. The molecular formula is C21H26N6. The summed E-state index contributed by atoms with van der Waals surface area (Å²) in [5.74, 6) is 1.78. The van der Waals surface area contributed by atoms with Crippen molar-refractivity contribution in [3.05, 3.63) is 71.8 Å². The van der Waals surface area contributed by atoms with Crippen molar-refractivity contribution in [1.29, 1.82) is 0 Å². The van der Waals surface area contributed by atoms with Crippen molar-refractivity contribution >= 4 is 0 Å². The molecule has 0 aliphatic heterocycles. The van der Waals surface area contributed by atoms with E-state index in [0.717, 1.165) is 41.3 Å². The zero-order valence-electron chi connectivity index (χ0n) is 16.4. The molecule has 0 N–H and O–H groups in total. The van der Waals surface area contributed by atoms with Crippen molar-refractivity contribution in [2.24, 2.45) is 0 Å². The van der Waals surface area contributed by atoms with E-state index in [1.165, 1.54) is 0 Å². The van der Waals surface area contributed by atoms with Gasteiger partial charge in [0.05, 0.1) is 0 Å². The van der Waals surface area contributed by atoms with Crippen LogP contribution in [-0.4, -0.2) is 29.9 Å². The van der Waals surface area contributed by atoms with Crippen molar-refractivity contribution in [3.8, 4) is 0 Å². The van der Waals surface area contributed by atoms with Crippen LogP contribution in [-0.2, 0) is 12.8 Å². The molecule has 0 spiro atoms. The molecule has 3 rings (SSSR count). The second-order valence-electron chi connectivity index (χ2n) is 7.37. The van der Waals surface area contributed by atoms with Gasteiger partial charge in [-0.25, -0.2) is 29.9 Å². The van der Waals surface area contributed by atoms with Gasteiger partial charge in [-0.2, -0.15) is 0 Å². The highest BCUT2D eigenvalue weighted by Gasteiger charge is 2.14. The lowest BCUT2D eigenvalue weighted by atomic mass is 9.98. The van der Waals surface area contributed by atoms with Crippen molar-refractivity contribution in [2.75, 3.05) is 0 Å². The van der Waals surface area contributed by atoms with Gasteiger partial charge in [0, 0.05) is 48.0 Å². The molecule has 27 heavy (non-hydrogen) atoms. The molecule has 140 valence electrons. The highest BCUT2D eigenvalue weighted by molar-refractivity contribution is 5.17. The van der Waals surface area contributed by atoms with Crippen molar-refractivity contribution < 1.29 is 0 Å². The summed E-state index contributed by atoms with van der Waals surface area (Å²) in [5, 5.41) is 0. The van der Waals surface area contributed by atoms with E-state index in [2.05, 4.69) is 58.7 Å². The summed E-state index contributed by atoms with van der Waals surface area (Å²) in [6.45, 7) is 8.61. The van der Waals surface area contributed by atoms with Crippen LogP contribution in [0.1, 0.15) is 73.9 Å². The van der Waals surface area contributed by atoms with Gasteiger partial charge in [-0.15, -0.1) is 0 Å². The molecule has 0 radical (unpaired) electrons. The number of nitrogens with zero attached hydrogens (tertiary/aromatic N) is 6. The summed E-state index contributed by atoms with van der Waals surface area (Å²) in [4.78, 5) is 26.2. The van der Waals surface area contributed by atoms with Crippen LogP contribution in [0.15, 0.2) is 43.4 Å². The van der Waals surface area contributed by atoms with Gasteiger partial charge >= 0.3 is 0 Å². The van der Waals surface area contributed by atoms with Gasteiger partial charge in [-0.3, -0.25) is 0 Å². The van der Waals surface area contributed by atoms with E-state index >= 15 is 0 Å². The molecule has 0 aliphatic rings. The zero-order valence-corrected chi connectivity index (χ0v) is 16.4. The lowest BCUT2D eigenvalue weighted by Gasteiger charge is -2.14. The van der Waals surface area contributed by atoms with Crippen LogP contribution < -0.4 is 0 Å². The first-order valence-corrected chi connectivity index (χ1v) is 9.40. The number of hydrogen-bond donors (Lipinski definition) is 0. The molecule has 3 heterocycles. The molecule has 0 saturated heterocycles. The topological polar surface area (TPSA) is 77.3 Å². The van der Waals surface area contributed by atoms with E-state index in [9.17, 15) is 0 Å². The van der Waals surface area contributed by atoms with Gasteiger partial charge in [-0.05, 0) is 36.0 Å². The summed E-state index contributed by atoms with van der Waals surface area (Å²) >= 11 is 0. The van der Waals surface area contributed by atoms with E-state index in [4.69, 9.17) is 4.98 Å². The van der Waals surface area contributed by atoms with Crippen LogP contribution in [0.4, 0.5) is 0 Å². The fourth-order valence-corrected chi connectivity index (χ4v) is 3.01. The Kier molecular flexibility index (Phi) is 6.16. The van der Waals surface area contributed by atoms with Crippen LogP contribution in [0.25, 0.3) is 0 Å². The van der Waals surface area contributed by atoms with Crippen LogP contribution in [0.2, 0.25) is 0 Å². The average Bonchev–Trinajstić information content (AvgIpc) is 2.69. The molecule has 6 nitrogen and oxygen atoms in total. The Labute approximate surface area is 160 Å². The molecule has 3 aromatic heterocycles. The summed E-state index contributed by atoms with van der Waals surface area (Å²) in [7, 11) is 0. The lowest BCUT2D eigenvalue weighted by molar-refractivity contribution is 0.667. The first-order chi connectivity index (χ1) is 13.0. The lowest BCUT2D eigenvalue weighted by Crippen LogP contribution is -2.09. The molecule has 0 saturated carbocycles. The predicted molar refractivity (Wildman–Crippen MR) is 104 cm³/mol. The Hall–Kier alpha value is -2.76. The molecule has 0 fully saturated rings. The van der Waals surface area contributed by atoms with E-state index in [0.29, 0.717) is 5.92 Å². The summed E-state index contributed by atoms with van der Waals surface area (Å²) in [6, 6.07) is 4.09. The molecule has 2 atom stereocenters. The first-order valence-electron chi connectivity index (χ1n) is 9.40. The van der Waals surface area contributed by atoms with Crippen LogP contribution in [0.5, 0.6) is 0 Å². The Balaban J connectivity index is 1.70. The second kappa shape index (κ2) is 8.75. The highest BCUT2D eigenvalue weighted by atomic mass is 14.9. The molecule has 0 aromatic carbocycles. The largest absolute Gasteiger partial charge is 0.245 e. The predicted octanol–water partition coefficient (Wildman–Crippen LogP) is 3.87. The highest BCUT2D eigenvalue weighted by Crippen LogP contribution is 2.21. The second-order valence-corrected chi connectivity index (χ2v) is 7.37. The Morgan fingerprint density at radius 1 is 0.815 bits per heavy atom. The molecule has 0 amide bonds. The molecule has 0 bridgehead atoms. The fourth-order valence-electron chi connectivity index (χ4n) is 3.01. The van der Waals surface area contributed by atoms with Crippen molar-refractivity contribution in [2.45, 2.75) is 58.3 Å². The summed E-state index contributed by atoms with van der Waals surface area (Å²) in [5.41, 5.74) is 4.27. The van der Waals surface area contributed by atoms with Crippen LogP contribution in [0, 0.1) is 0 Å². The smallest absolute Gasteiger partial charge is 0.129 e. The Bertz CT molecular complexity index is 865. The number of hydrogen-bond acceptors (Lipinski definition) is 6. The first kappa shape index (κ1) is 19.0. The van der Waals surface area contributed by atoms with E-state index in [1.807, 2.05) is 24.7 Å². The number of rotatable bonds is 7. The summed E-state index contributed by atoms with van der Waals surface area (Å²) in [6.07, 6.45) is 10.4. The molecule has 3 aromatic rings. The van der Waals surface area contributed by atoms with Crippen molar-refractivity contribution in [3.63, 3.8) is 0 Å². The minimum absolute atomic E-state index is 0.261. The van der Waals surface area contributed by atoms with Gasteiger partial charge in [0.25, 0.3) is 0 Å².